The largest absolute Gasteiger partial charge is 0.462 e. The normalized spacial score (nSPS) is 9.80. The molecule has 0 atom stereocenters. The van der Waals surface area contributed by atoms with Crippen LogP contribution in [0.15, 0.2) is 28.2 Å². The van der Waals surface area contributed by atoms with E-state index in [0.717, 1.165) is 0 Å². The standard InChI is InChI=1S/C14H14BrClO4/c1-3-19-13(17)11(14(18)20-4-2)8-9-7-10(16)5-6-12(9)15/h5-8H,3-4H2,1-2H3. The summed E-state index contributed by atoms with van der Waals surface area (Å²) in [5, 5.41) is 0.492. The number of halogens is 2. The van der Waals surface area contributed by atoms with Crippen molar-refractivity contribution >= 4 is 45.5 Å². The van der Waals surface area contributed by atoms with Crippen LogP contribution in [-0.4, -0.2) is 25.2 Å². The molecule has 0 fully saturated rings. The van der Waals surface area contributed by atoms with Gasteiger partial charge in [-0.15, -0.1) is 0 Å². The van der Waals surface area contributed by atoms with E-state index in [0.29, 0.717) is 15.1 Å². The number of esters is 2. The molecule has 1 aromatic carbocycles. The first-order valence-electron chi connectivity index (χ1n) is 6.00. The zero-order chi connectivity index (χ0) is 15.1. The molecule has 20 heavy (non-hydrogen) atoms. The molecule has 0 radical (unpaired) electrons. The van der Waals surface area contributed by atoms with Gasteiger partial charge in [-0.25, -0.2) is 9.59 Å². The Morgan fingerprint density at radius 2 is 1.75 bits per heavy atom. The number of hydrogen-bond donors (Lipinski definition) is 0. The first kappa shape index (κ1) is 16.7. The van der Waals surface area contributed by atoms with Crippen LogP contribution in [0.5, 0.6) is 0 Å². The van der Waals surface area contributed by atoms with Gasteiger partial charge < -0.3 is 9.47 Å². The van der Waals surface area contributed by atoms with Crippen molar-refractivity contribution < 1.29 is 19.1 Å². The fourth-order valence-electron chi connectivity index (χ4n) is 1.40. The highest BCUT2D eigenvalue weighted by molar-refractivity contribution is 9.10. The number of carbonyl (C=O) groups is 2. The topological polar surface area (TPSA) is 52.6 Å². The summed E-state index contributed by atoms with van der Waals surface area (Å²) in [6, 6.07) is 5.05. The fourth-order valence-corrected chi connectivity index (χ4v) is 1.94. The Morgan fingerprint density at radius 1 is 1.20 bits per heavy atom. The van der Waals surface area contributed by atoms with Crippen LogP contribution in [0.25, 0.3) is 6.08 Å². The van der Waals surface area contributed by atoms with Crippen molar-refractivity contribution in [3.8, 4) is 0 Å². The quantitative estimate of drug-likeness (QED) is 0.348. The van der Waals surface area contributed by atoms with Gasteiger partial charge in [0.2, 0.25) is 0 Å². The van der Waals surface area contributed by atoms with Gasteiger partial charge >= 0.3 is 11.9 Å². The lowest BCUT2D eigenvalue weighted by atomic mass is 10.1. The van der Waals surface area contributed by atoms with E-state index in [2.05, 4.69) is 15.9 Å². The van der Waals surface area contributed by atoms with E-state index in [1.165, 1.54) is 6.08 Å². The zero-order valence-corrected chi connectivity index (χ0v) is 13.5. The summed E-state index contributed by atoms with van der Waals surface area (Å²) >= 11 is 9.23. The van der Waals surface area contributed by atoms with Crippen LogP contribution < -0.4 is 0 Å². The van der Waals surface area contributed by atoms with E-state index in [4.69, 9.17) is 21.1 Å². The lowest BCUT2D eigenvalue weighted by molar-refractivity contribution is -0.146. The van der Waals surface area contributed by atoms with Crippen LogP contribution in [0.1, 0.15) is 19.4 Å². The van der Waals surface area contributed by atoms with E-state index in [9.17, 15) is 9.59 Å². The number of benzene rings is 1. The first-order chi connectivity index (χ1) is 9.49. The number of rotatable bonds is 5. The Bertz CT molecular complexity index is 520. The van der Waals surface area contributed by atoms with Gasteiger partial charge in [0.25, 0.3) is 0 Å². The Balaban J connectivity index is 3.21. The third kappa shape index (κ3) is 4.65. The second-order valence-corrected chi connectivity index (χ2v) is 4.96. The molecule has 0 unspecified atom stereocenters. The molecule has 0 aliphatic carbocycles. The van der Waals surface area contributed by atoms with Crippen molar-refractivity contribution in [1.29, 1.82) is 0 Å². The van der Waals surface area contributed by atoms with Gasteiger partial charge in [-0.05, 0) is 43.7 Å². The Hall–Kier alpha value is -1.33. The highest BCUT2D eigenvalue weighted by Gasteiger charge is 2.21. The molecule has 0 heterocycles. The van der Waals surface area contributed by atoms with E-state index < -0.39 is 11.9 Å². The van der Waals surface area contributed by atoms with Crippen molar-refractivity contribution in [2.75, 3.05) is 13.2 Å². The third-order valence-electron chi connectivity index (χ3n) is 2.25. The number of carbonyl (C=O) groups excluding carboxylic acids is 2. The third-order valence-corrected chi connectivity index (χ3v) is 3.21. The molecule has 6 heteroatoms. The fraction of sp³-hybridized carbons (Fsp3) is 0.286. The summed E-state index contributed by atoms with van der Waals surface area (Å²) in [5.41, 5.74) is 0.422. The highest BCUT2D eigenvalue weighted by atomic mass is 79.9. The predicted molar refractivity (Wildman–Crippen MR) is 80.4 cm³/mol. The van der Waals surface area contributed by atoms with E-state index >= 15 is 0 Å². The van der Waals surface area contributed by atoms with E-state index in [-0.39, 0.29) is 18.8 Å². The van der Waals surface area contributed by atoms with Gasteiger partial charge in [0.15, 0.2) is 0 Å². The minimum Gasteiger partial charge on any atom is -0.462 e. The minimum atomic E-state index is -0.724. The van der Waals surface area contributed by atoms with Gasteiger partial charge in [-0.1, -0.05) is 27.5 Å². The molecule has 1 rings (SSSR count). The monoisotopic (exact) mass is 360 g/mol. The maximum absolute atomic E-state index is 11.8. The lowest BCUT2D eigenvalue weighted by Gasteiger charge is -2.07. The molecular weight excluding hydrogens is 348 g/mol. The number of ether oxygens (including phenoxy) is 2. The van der Waals surface area contributed by atoms with Gasteiger partial charge in [-0.3, -0.25) is 0 Å². The van der Waals surface area contributed by atoms with Crippen LogP contribution in [0.2, 0.25) is 5.02 Å². The molecule has 0 aromatic heterocycles. The van der Waals surface area contributed by atoms with Crippen LogP contribution in [-0.2, 0) is 19.1 Å². The van der Waals surface area contributed by atoms with Crippen molar-refractivity contribution in [3.05, 3.63) is 38.8 Å². The summed E-state index contributed by atoms with van der Waals surface area (Å²) in [5.74, 6) is -1.45. The maximum Gasteiger partial charge on any atom is 0.345 e. The van der Waals surface area contributed by atoms with Gasteiger partial charge in [0.05, 0.1) is 13.2 Å². The smallest absolute Gasteiger partial charge is 0.345 e. The van der Waals surface area contributed by atoms with Crippen molar-refractivity contribution in [1.82, 2.24) is 0 Å². The van der Waals surface area contributed by atoms with Crippen LogP contribution in [0, 0.1) is 0 Å². The molecule has 0 aliphatic heterocycles. The zero-order valence-electron chi connectivity index (χ0n) is 11.1. The highest BCUT2D eigenvalue weighted by Crippen LogP contribution is 2.24. The average Bonchev–Trinajstić information content (AvgIpc) is 2.40. The molecule has 4 nitrogen and oxygen atoms in total. The Morgan fingerprint density at radius 3 is 2.25 bits per heavy atom. The lowest BCUT2D eigenvalue weighted by Crippen LogP contribution is -2.18. The Labute approximate surface area is 130 Å². The second-order valence-electron chi connectivity index (χ2n) is 3.66. The molecule has 0 saturated heterocycles. The van der Waals surface area contributed by atoms with Gasteiger partial charge in [-0.2, -0.15) is 0 Å². The minimum absolute atomic E-state index is 0.170. The average molecular weight is 362 g/mol. The summed E-state index contributed by atoms with van der Waals surface area (Å²) in [6.07, 6.45) is 1.39. The summed E-state index contributed by atoms with van der Waals surface area (Å²) in [7, 11) is 0. The number of hydrogen-bond acceptors (Lipinski definition) is 4. The molecule has 0 bridgehead atoms. The summed E-state index contributed by atoms with van der Waals surface area (Å²) in [6.45, 7) is 3.67. The van der Waals surface area contributed by atoms with Gasteiger partial charge in [0.1, 0.15) is 5.57 Å². The summed E-state index contributed by atoms with van der Waals surface area (Å²) in [4.78, 5) is 23.6. The molecule has 0 saturated carbocycles. The molecule has 0 aliphatic rings. The molecule has 108 valence electrons. The van der Waals surface area contributed by atoms with Gasteiger partial charge in [0, 0.05) is 9.50 Å². The van der Waals surface area contributed by atoms with Crippen LogP contribution >= 0.6 is 27.5 Å². The van der Waals surface area contributed by atoms with Crippen molar-refractivity contribution in [2.45, 2.75) is 13.8 Å². The molecule has 0 spiro atoms. The molecule has 0 N–H and O–H groups in total. The van der Waals surface area contributed by atoms with Crippen LogP contribution in [0.3, 0.4) is 0 Å². The Kier molecular flexibility index (Phi) is 6.75. The van der Waals surface area contributed by atoms with E-state index in [1.54, 1.807) is 32.0 Å². The maximum atomic E-state index is 11.8. The second kappa shape index (κ2) is 8.07. The van der Waals surface area contributed by atoms with Crippen molar-refractivity contribution in [2.24, 2.45) is 0 Å². The van der Waals surface area contributed by atoms with E-state index in [1.807, 2.05) is 0 Å². The SMILES string of the molecule is CCOC(=O)C(=Cc1cc(Cl)ccc1Br)C(=O)OCC. The molecular formula is C14H14BrClO4. The predicted octanol–water partition coefficient (Wildman–Crippen LogP) is 3.61. The molecule has 1 aromatic rings. The van der Waals surface area contributed by atoms with Crippen LogP contribution in [0.4, 0.5) is 0 Å². The summed E-state index contributed by atoms with van der Waals surface area (Å²) < 4.78 is 10.4. The molecule has 0 amide bonds. The first-order valence-corrected chi connectivity index (χ1v) is 7.17. The van der Waals surface area contributed by atoms with Crippen molar-refractivity contribution in [3.63, 3.8) is 0 Å².